The van der Waals surface area contributed by atoms with Crippen LogP contribution in [0.2, 0.25) is 0 Å². The highest BCUT2D eigenvalue weighted by atomic mass is 32.2. The van der Waals surface area contributed by atoms with Crippen LogP contribution in [0.5, 0.6) is 0 Å². The van der Waals surface area contributed by atoms with E-state index < -0.39 is 0 Å². The van der Waals surface area contributed by atoms with E-state index in [1.54, 1.807) is 0 Å². The maximum atomic E-state index is 12.1. The molecule has 5 heteroatoms. The van der Waals surface area contributed by atoms with E-state index >= 15 is 0 Å². The van der Waals surface area contributed by atoms with Gasteiger partial charge in [0.05, 0.1) is 5.75 Å². The minimum absolute atomic E-state index is 0.0128. The average molecular weight is 329 g/mol. The molecule has 1 fully saturated rings. The molecule has 0 unspecified atom stereocenters. The standard InChI is InChI=1S/C18H23N3OS/c1-14-6-5-7-15(12-14)20-17(22)13-23-18-19-10-11-21(18)16-8-3-2-4-9-16/h5-7,10-12,16H,2-4,8-9,13H2,1H3,(H,20,22). The fourth-order valence-electron chi connectivity index (χ4n) is 3.10. The molecule has 2 aromatic rings. The van der Waals surface area contributed by atoms with Gasteiger partial charge in [0, 0.05) is 24.1 Å². The van der Waals surface area contributed by atoms with Gasteiger partial charge in [-0.05, 0) is 37.5 Å². The van der Waals surface area contributed by atoms with E-state index in [1.165, 1.54) is 43.9 Å². The zero-order valence-corrected chi connectivity index (χ0v) is 14.3. The van der Waals surface area contributed by atoms with Gasteiger partial charge in [0.2, 0.25) is 5.91 Å². The first kappa shape index (κ1) is 16.1. The number of thioether (sulfide) groups is 1. The van der Waals surface area contributed by atoms with Crippen LogP contribution in [0.15, 0.2) is 41.8 Å². The molecule has 4 nitrogen and oxygen atoms in total. The second-order valence-electron chi connectivity index (χ2n) is 6.12. The minimum atomic E-state index is 0.0128. The van der Waals surface area contributed by atoms with Crippen LogP contribution in [-0.4, -0.2) is 21.2 Å². The van der Waals surface area contributed by atoms with Crippen molar-refractivity contribution in [2.45, 2.75) is 50.2 Å². The number of benzene rings is 1. The van der Waals surface area contributed by atoms with Crippen molar-refractivity contribution < 1.29 is 4.79 Å². The zero-order chi connectivity index (χ0) is 16.1. The van der Waals surface area contributed by atoms with Gasteiger partial charge >= 0.3 is 0 Å². The molecule has 0 atom stereocenters. The van der Waals surface area contributed by atoms with Crippen LogP contribution < -0.4 is 5.32 Å². The summed E-state index contributed by atoms with van der Waals surface area (Å²) in [4.78, 5) is 16.6. The number of aromatic nitrogens is 2. The summed E-state index contributed by atoms with van der Waals surface area (Å²) in [5.41, 5.74) is 1.99. The second-order valence-corrected chi connectivity index (χ2v) is 7.06. The van der Waals surface area contributed by atoms with Crippen molar-refractivity contribution in [2.75, 3.05) is 11.1 Å². The van der Waals surface area contributed by atoms with Crippen LogP contribution in [0.3, 0.4) is 0 Å². The Morgan fingerprint density at radius 3 is 2.96 bits per heavy atom. The van der Waals surface area contributed by atoms with Gasteiger partial charge in [-0.3, -0.25) is 4.79 Å². The monoisotopic (exact) mass is 329 g/mol. The van der Waals surface area contributed by atoms with Crippen LogP contribution in [0, 0.1) is 6.92 Å². The molecule has 1 aromatic heterocycles. The van der Waals surface area contributed by atoms with Crippen LogP contribution in [0.1, 0.15) is 43.7 Å². The number of carbonyl (C=O) groups is 1. The number of carbonyl (C=O) groups excluding carboxylic acids is 1. The molecular weight excluding hydrogens is 306 g/mol. The van der Waals surface area contributed by atoms with Crippen molar-refractivity contribution in [1.82, 2.24) is 9.55 Å². The molecule has 0 radical (unpaired) electrons. The molecule has 0 saturated heterocycles. The molecule has 1 aromatic carbocycles. The number of amides is 1. The Kier molecular flexibility index (Phi) is 5.39. The van der Waals surface area contributed by atoms with E-state index in [2.05, 4.69) is 21.1 Å². The quantitative estimate of drug-likeness (QED) is 0.826. The highest BCUT2D eigenvalue weighted by Gasteiger charge is 2.18. The molecule has 1 heterocycles. The Labute approximate surface area is 141 Å². The third-order valence-corrected chi connectivity index (χ3v) is 5.22. The molecular formula is C18H23N3OS. The molecule has 0 spiro atoms. The number of imidazole rings is 1. The van der Waals surface area contributed by atoms with Crippen LogP contribution in [-0.2, 0) is 4.79 Å². The first-order valence-corrected chi connectivity index (χ1v) is 9.23. The lowest BCUT2D eigenvalue weighted by atomic mass is 9.95. The Morgan fingerprint density at radius 2 is 2.17 bits per heavy atom. The fraction of sp³-hybridized carbons (Fsp3) is 0.444. The molecule has 122 valence electrons. The van der Waals surface area contributed by atoms with E-state index in [0.29, 0.717) is 11.8 Å². The normalized spacial score (nSPS) is 15.5. The predicted octanol–water partition coefficient (Wildman–Crippen LogP) is 4.43. The van der Waals surface area contributed by atoms with E-state index in [-0.39, 0.29) is 5.91 Å². The number of anilines is 1. The van der Waals surface area contributed by atoms with Gasteiger partial charge in [-0.1, -0.05) is 43.2 Å². The maximum absolute atomic E-state index is 12.1. The van der Waals surface area contributed by atoms with Gasteiger partial charge in [-0.25, -0.2) is 4.98 Å². The summed E-state index contributed by atoms with van der Waals surface area (Å²) in [6.07, 6.45) is 10.3. The van der Waals surface area contributed by atoms with Gasteiger partial charge < -0.3 is 9.88 Å². The van der Waals surface area contributed by atoms with E-state index in [0.717, 1.165) is 16.4 Å². The summed E-state index contributed by atoms with van der Waals surface area (Å²) in [6.45, 7) is 2.02. The Bertz CT molecular complexity index is 662. The summed E-state index contributed by atoms with van der Waals surface area (Å²) >= 11 is 1.52. The highest BCUT2D eigenvalue weighted by Crippen LogP contribution is 2.31. The average Bonchev–Trinajstić information content (AvgIpc) is 3.02. The molecule has 1 amide bonds. The molecule has 0 bridgehead atoms. The van der Waals surface area contributed by atoms with Gasteiger partial charge in [0.25, 0.3) is 0 Å². The first-order valence-electron chi connectivity index (χ1n) is 8.24. The number of nitrogens with zero attached hydrogens (tertiary/aromatic N) is 2. The lowest BCUT2D eigenvalue weighted by Crippen LogP contribution is -2.16. The lowest BCUT2D eigenvalue weighted by molar-refractivity contribution is -0.113. The minimum Gasteiger partial charge on any atom is -0.325 e. The fourth-order valence-corrected chi connectivity index (χ4v) is 3.93. The molecule has 0 aliphatic heterocycles. The van der Waals surface area contributed by atoms with Gasteiger partial charge in [-0.2, -0.15) is 0 Å². The van der Waals surface area contributed by atoms with Gasteiger partial charge in [0.15, 0.2) is 5.16 Å². The number of aryl methyl sites for hydroxylation is 1. The highest BCUT2D eigenvalue weighted by molar-refractivity contribution is 7.99. The predicted molar refractivity (Wildman–Crippen MR) is 94.9 cm³/mol. The largest absolute Gasteiger partial charge is 0.325 e. The van der Waals surface area contributed by atoms with Crippen molar-refractivity contribution >= 4 is 23.4 Å². The third kappa shape index (κ3) is 4.38. The second kappa shape index (κ2) is 7.68. The SMILES string of the molecule is Cc1cccc(NC(=O)CSc2nccn2C2CCCCC2)c1. The number of nitrogens with one attached hydrogen (secondary N) is 1. The number of hydrogen-bond acceptors (Lipinski definition) is 3. The number of rotatable bonds is 5. The maximum Gasteiger partial charge on any atom is 0.234 e. The molecule has 1 aliphatic rings. The van der Waals surface area contributed by atoms with Crippen molar-refractivity contribution in [1.29, 1.82) is 0 Å². The van der Waals surface area contributed by atoms with Crippen LogP contribution in [0.25, 0.3) is 0 Å². The third-order valence-electron chi connectivity index (χ3n) is 4.24. The molecule has 1 aliphatic carbocycles. The zero-order valence-electron chi connectivity index (χ0n) is 13.5. The van der Waals surface area contributed by atoms with Gasteiger partial charge in [-0.15, -0.1) is 0 Å². The lowest BCUT2D eigenvalue weighted by Gasteiger charge is -2.24. The Morgan fingerprint density at radius 1 is 1.35 bits per heavy atom. The summed E-state index contributed by atoms with van der Waals surface area (Å²) < 4.78 is 2.25. The van der Waals surface area contributed by atoms with Crippen LogP contribution >= 0.6 is 11.8 Å². The van der Waals surface area contributed by atoms with Crippen molar-refractivity contribution in [3.8, 4) is 0 Å². The van der Waals surface area contributed by atoms with Crippen molar-refractivity contribution in [3.05, 3.63) is 42.2 Å². The van der Waals surface area contributed by atoms with Crippen molar-refractivity contribution in [3.63, 3.8) is 0 Å². The smallest absolute Gasteiger partial charge is 0.234 e. The topological polar surface area (TPSA) is 46.9 Å². The summed E-state index contributed by atoms with van der Waals surface area (Å²) in [6, 6.07) is 8.41. The molecule has 3 rings (SSSR count). The molecule has 23 heavy (non-hydrogen) atoms. The summed E-state index contributed by atoms with van der Waals surface area (Å²) in [5.74, 6) is 0.399. The summed E-state index contributed by atoms with van der Waals surface area (Å²) in [7, 11) is 0. The Balaban J connectivity index is 1.56. The Hall–Kier alpha value is -1.75. The van der Waals surface area contributed by atoms with Gasteiger partial charge in [0.1, 0.15) is 0 Å². The van der Waals surface area contributed by atoms with Crippen molar-refractivity contribution in [2.24, 2.45) is 0 Å². The van der Waals surface area contributed by atoms with E-state index in [4.69, 9.17) is 0 Å². The summed E-state index contributed by atoms with van der Waals surface area (Å²) in [5, 5.41) is 3.90. The molecule has 1 N–H and O–H groups in total. The molecule has 1 saturated carbocycles. The number of hydrogen-bond donors (Lipinski definition) is 1. The van der Waals surface area contributed by atoms with E-state index in [9.17, 15) is 4.79 Å². The first-order chi connectivity index (χ1) is 11.2. The van der Waals surface area contributed by atoms with Crippen LogP contribution in [0.4, 0.5) is 5.69 Å². The van der Waals surface area contributed by atoms with E-state index in [1.807, 2.05) is 37.4 Å².